The summed E-state index contributed by atoms with van der Waals surface area (Å²) in [6.07, 6.45) is 15.0. The van der Waals surface area contributed by atoms with Gasteiger partial charge in [-0.3, -0.25) is 10.9 Å². The van der Waals surface area contributed by atoms with Gasteiger partial charge in [-0.15, -0.1) is 0 Å². The molecule has 9 heteroatoms. The quantitative estimate of drug-likeness (QED) is 0.632. The van der Waals surface area contributed by atoms with E-state index in [-0.39, 0.29) is 23.1 Å². The number of hydrogen-bond acceptors (Lipinski definition) is 8. The summed E-state index contributed by atoms with van der Waals surface area (Å²) < 4.78 is 0. The van der Waals surface area contributed by atoms with E-state index in [0.717, 1.165) is 22.8 Å². The number of fused-ring (bicyclic) bond motifs is 4. The molecule has 0 atom stereocenters. The predicted molar refractivity (Wildman–Crippen MR) is 100 cm³/mol. The lowest BCUT2D eigenvalue weighted by Crippen LogP contribution is -2.32. The van der Waals surface area contributed by atoms with Crippen LogP contribution in [0.15, 0.2) is 89.6 Å². The summed E-state index contributed by atoms with van der Waals surface area (Å²) in [6.45, 7) is 0. The highest BCUT2D eigenvalue weighted by Crippen LogP contribution is 2.16. The molecule has 5 rings (SSSR count). The Morgan fingerprint density at radius 1 is 0.640 bits per heavy atom. The number of hydrogen-bond donors (Lipinski definition) is 2. The van der Waals surface area contributed by atoms with E-state index in [1.54, 1.807) is 6.21 Å². The first-order valence-electron chi connectivity index (χ1n) is 7.31. The highest BCUT2D eigenvalue weighted by atomic mass is 24.3. The summed E-state index contributed by atoms with van der Waals surface area (Å²) in [4.78, 5) is 26.2. The van der Waals surface area contributed by atoms with Crippen molar-refractivity contribution < 1.29 is 0 Å². The Kier molecular flexibility index (Phi) is 3.86. The van der Waals surface area contributed by atoms with E-state index in [0.29, 0.717) is 23.5 Å². The second kappa shape index (κ2) is 6.19. The van der Waals surface area contributed by atoms with Gasteiger partial charge in [0.2, 0.25) is 5.96 Å². The van der Waals surface area contributed by atoms with Gasteiger partial charge in [-0.2, -0.15) is 9.98 Å². The largest absolute Gasteiger partial charge is 0.282 e. The minimum Gasteiger partial charge on any atom is -0.282 e. The smallest absolute Gasteiger partial charge is 0.253 e. The fourth-order valence-electron chi connectivity index (χ4n) is 2.48. The first kappa shape index (κ1) is 15.6. The molecule has 0 amide bonds. The summed E-state index contributed by atoms with van der Waals surface area (Å²) >= 11 is 0. The highest BCUT2D eigenvalue weighted by Gasteiger charge is 2.14. The zero-order valence-corrected chi connectivity index (χ0v) is 14.4. The summed E-state index contributed by atoms with van der Waals surface area (Å²) in [5.41, 5.74) is 9.81. The number of amidine groups is 1. The maximum atomic E-state index is 4.53. The lowest BCUT2D eigenvalue weighted by Gasteiger charge is -1.95. The first-order valence-corrected chi connectivity index (χ1v) is 7.31. The third-order valence-corrected chi connectivity index (χ3v) is 3.52. The average molecular weight is 339 g/mol. The second-order valence-corrected chi connectivity index (χ2v) is 5.30. The van der Waals surface area contributed by atoms with E-state index in [2.05, 4.69) is 40.8 Å². The number of guanidine groups is 2. The van der Waals surface area contributed by atoms with Crippen LogP contribution in [-0.4, -0.2) is 58.4 Å². The van der Waals surface area contributed by atoms with Gasteiger partial charge < -0.3 is 0 Å². The lowest BCUT2D eigenvalue weighted by molar-refractivity contribution is 0.899. The molecular weight excluding hydrogens is 329 g/mol. The number of nitrogens with one attached hydrogen (secondary N) is 2. The van der Waals surface area contributed by atoms with Crippen LogP contribution in [0.1, 0.15) is 0 Å². The topological polar surface area (TPSA) is 98.2 Å². The van der Waals surface area contributed by atoms with Crippen LogP contribution in [0.5, 0.6) is 0 Å². The van der Waals surface area contributed by atoms with Crippen molar-refractivity contribution in [1.82, 2.24) is 10.9 Å². The Hall–Kier alpha value is -2.91. The van der Waals surface area contributed by atoms with Crippen LogP contribution in [0.2, 0.25) is 0 Å². The normalized spacial score (nSPS) is 21.8. The van der Waals surface area contributed by atoms with Crippen LogP contribution in [0, 0.1) is 0 Å². The predicted octanol–water partition coefficient (Wildman–Crippen LogP) is 0.595. The fourth-order valence-corrected chi connectivity index (χ4v) is 2.48. The second-order valence-electron chi connectivity index (χ2n) is 5.30. The molecule has 0 fully saturated rings. The Balaban J connectivity index is 0.00000157. The molecule has 116 valence electrons. The van der Waals surface area contributed by atoms with E-state index in [1.807, 2.05) is 42.5 Å². The van der Waals surface area contributed by atoms with Crippen molar-refractivity contribution in [1.29, 1.82) is 0 Å². The van der Waals surface area contributed by atoms with Crippen molar-refractivity contribution in [3.63, 3.8) is 0 Å². The first-order chi connectivity index (χ1) is 11.8. The van der Waals surface area contributed by atoms with E-state index >= 15 is 0 Å². The maximum absolute atomic E-state index is 4.53. The van der Waals surface area contributed by atoms with Crippen molar-refractivity contribution in [2.75, 3.05) is 0 Å². The van der Waals surface area contributed by atoms with Crippen LogP contribution in [0.25, 0.3) is 0 Å². The van der Waals surface area contributed by atoms with E-state index in [4.69, 9.17) is 0 Å². The van der Waals surface area contributed by atoms with Crippen LogP contribution in [0.4, 0.5) is 0 Å². The zero-order valence-electron chi connectivity index (χ0n) is 13.0. The Bertz CT molecular complexity index is 995. The number of aliphatic imine (C=N–C) groups is 6. The van der Waals surface area contributed by atoms with Gasteiger partial charge in [0.15, 0.2) is 5.84 Å². The van der Waals surface area contributed by atoms with E-state index in [1.165, 1.54) is 0 Å². The molecule has 0 saturated heterocycles. The standard InChI is InChI=1S/C16H10N8.Mg/c1-2-11-6-13-8-17-15(20-13)22-16-21-14(23-24-16)7-12-4-3-10(19-12)5-9(1)18-11;/h1-8H,(H2,17,20,21,22,23,24);. The minimum atomic E-state index is 0. The van der Waals surface area contributed by atoms with Gasteiger partial charge >= 0.3 is 0 Å². The molecule has 0 aliphatic carbocycles. The van der Waals surface area contributed by atoms with Crippen LogP contribution in [0.3, 0.4) is 0 Å². The van der Waals surface area contributed by atoms with Gasteiger partial charge in [0.25, 0.3) is 5.96 Å². The molecule has 8 nitrogen and oxygen atoms in total. The van der Waals surface area contributed by atoms with Crippen molar-refractivity contribution in [3.8, 4) is 0 Å². The number of nitrogens with zero attached hydrogens (tertiary/aromatic N) is 6. The SMILES string of the molecule is C1=CC2=NC1=CC1=NC(=NC3=NC(=CC4=NC(=C2)C=C4)C=N3)NN1.[Mg]. The van der Waals surface area contributed by atoms with Crippen molar-refractivity contribution in [2.45, 2.75) is 0 Å². The Labute approximate surface area is 158 Å². The summed E-state index contributed by atoms with van der Waals surface area (Å²) in [5.74, 6) is 1.37. The van der Waals surface area contributed by atoms with Gasteiger partial charge in [0.05, 0.1) is 34.7 Å². The number of allylic oxidation sites excluding steroid dienone is 7. The van der Waals surface area contributed by atoms with E-state index in [9.17, 15) is 0 Å². The van der Waals surface area contributed by atoms with Gasteiger partial charge in [0, 0.05) is 29.1 Å². The van der Waals surface area contributed by atoms with Crippen LogP contribution < -0.4 is 10.9 Å². The summed E-state index contributed by atoms with van der Waals surface area (Å²) in [7, 11) is 0. The molecular formula is C16H10MgN8. The minimum absolute atomic E-state index is 0. The molecule has 8 bridgehead atoms. The average Bonchev–Trinajstić information content (AvgIpc) is 3.32. The van der Waals surface area contributed by atoms with Crippen molar-refractivity contribution in [3.05, 3.63) is 59.6 Å². The lowest BCUT2D eigenvalue weighted by atomic mass is 10.3. The van der Waals surface area contributed by atoms with Gasteiger partial charge in [0.1, 0.15) is 0 Å². The third-order valence-electron chi connectivity index (χ3n) is 3.52. The highest BCUT2D eigenvalue weighted by molar-refractivity contribution is 6.16. The Morgan fingerprint density at radius 3 is 2.16 bits per heavy atom. The molecule has 2 N–H and O–H groups in total. The summed E-state index contributed by atoms with van der Waals surface area (Å²) in [6, 6.07) is 0. The molecule has 5 heterocycles. The van der Waals surface area contributed by atoms with Gasteiger partial charge in [-0.1, -0.05) is 0 Å². The third kappa shape index (κ3) is 3.19. The fraction of sp³-hybridized carbons (Fsp3) is 0. The van der Waals surface area contributed by atoms with Gasteiger partial charge in [-0.25, -0.2) is 20.0 Å². The van der Waals surface area contributed by atoms with Gasteiger partial charge in [-0.05, 0) is 36.5 Å². The van der Waals surface area contributed by atoms with Crippen LogP contribution >= 0.6 is 0 Å². The molecule has 0 spiro atoms. The van der Waals surface area contributed by atoms with E-state index < -0.39 is 0 Å². The number of hydrazine groups is 1. The molecule has 0 saturated carbocycles. The molecule has 0 unspecified atom stereocenters. The molecule has 5 aliphatic heterocycles. The molecule has 0 aromatic heterocycles. The number of rotatable bonds is 0. The van der Waals surface area contributed by atoms with Crippen molar-refractivity contribution in [2.24, 2.45) is 30.0 Å². The van der Waals surface area contributed by atoms with Crippen LogP contribution in [-0.2, 0) is 0 Å². The monoisotopic (exact) mass is 338 g/mol. The molecule has 0 aromatic rings. The molecule has 5 aliphatic rings. The zero-order chi connectivity index (χ0) is 15.9. The Morgan fingerprint density at radius 2 is 1.36 bits per heavy atom. The van der Waals surface area contributed by atoms with Crippen molar-refractivity contribution >= 4 is 58.4 Å². The molecule has 0 aromatic carbocycles. The molecule has 2 radical (unpaired) electrons. The molecule has 25 heavy (non-hydrogen) atoms. The summed E-state index contributed by atoms with van der Waals surface area (Å²) in [5, 5.41) is 0. The maximum Gasteiger partial charge on any atom is 0.253 e.